The zero-order valence-corrected chi connectivity index (χ0v) is 29.4. The minimum atomic E-state index is 0.636. The van der Waals surface area contributed by atoms with Crippen LogP contribution in [0.5, 0.6) is 0 Å². The monoisotopic (exact) mass is 687 g/mol. The number of hydrogen-bond donors (Lipinski definition) is 0. The molecule has 0 atom stereocenters. The maximum Gasteiger partial charge on any atom is 0.164 e. The van der Waals surface area contributed by atoms with E-state index in [1.807, 2.05) is 30.3 Å². The second kappa shape index (κ2) is 13.4. The SMILES string of the molecule is c1ccc(-c2nc(-c3cccc(-c4ccc5cc(-c6cccc7ccccc67)ccc5c4)c3)nc(-c3cccc(-c4cccc5ccccc45)c3)n2)cc1. The fourth-order valence-corrected chi connectivity index (χ4v) is 7.56. The Balaban J connectivity index is 1.04. The van der Waals surface area contributed by atoms with E-state index in [9.17, 15) is 0 Å². The highest BCUT2D eigenvalue weighted by Gasteiger charge is 2.15. The predicted molar refractivity (Wildman–Crippen MR) is 225 cm³/mol. The van der Waals surface area contributed by atoms with Crippen molar-refractivity contribution in [3.05, 3.63) is 200 Å². The number of aromatic nitrogens is 3. The highest BCUT2D eigenvalue weighted by Crippen LogP contribution is 2.35. The molecule has 252 valence electrons. The van der Waals surface area contributed by atoms with Crippen molar-refractivity contribution in [2.24, 2.45) is 0 Å². The summed E-state index contributed by atoms with van der Waals surface area (Å²) in [5, 5.41) is 7.35. The average molecular weight is 688 g/mol. The molecule has 3 heteroatoms. The molecule has 0 spiro atoms. The summed E-state index contributed by atoms with van der Waals surface area (Å²) in [4.78, 5) is 15.2. The molecular formula is C51H33N3. The maximum absolute atomic E-state index is 5.12. The van der Waals surface area contributed by atoms with Gasteiger partial charge in [0.15, 0.2) is 17.5 Å². The lowest BCUT2D eigenvalue weighted by molar-refractivity contribution is 1.07. The van der Waals surface area contributed by atoms with Crippen LogP contribution in [0.25, 0.3) is 99.9 Å². The van der Waals surface area contributed by atoms with Gasteiger partial charge in [-0.3, -0.25) is 0 Å². The Hall–Kier alpha value is -7.23. The van der Waals surface area contributed by atoms with Gasteiger partial charge in [-0.25, -0.2) is 15.0 Å². The van der Waals surface area contributed by atoms with Crippen LogP contribution in [0.4, 0.5) is 0 Å². The zero-order valence-electron chi connectivity index (χ0n) is 29.4. The number of rotatable bonds is 6. The van der Waals surface area contributed by atoms with Gasteiger partial charge in [0, 0.05) is 16.7 Å². The molecule has 9 aromatic carbocycles. The van der Waals surface area contributed by atoms with Crippen molar-refractivity contribution in [3.63, 3.8) is 0 Å². The first-order valence-electron chi connectivity index (χ1n) is 18.3. The molecule has 0 aliphatic carbocycles. The van der Waals surface area contributed by atoms with Gasteiger partial charge in [-0.2, -0.15) is 0 Å². The van der Waals surface area contributed by atoms with Crippen LogP contribution < -0.4 is 0 Å². The fourth-order valence-electron chi connectivity index (χ4n) is 7.56. The van der Waals surface area contributed by atoms with Crippen LogP contribution in [0.2, 0.25) is 0 Å². The number of hydrogen-bond acceptors (Lipinski definition) is 3. The van der Waals surface area contributed by atoms with Gasteiger partial charge in [0.2, 0.25) is 0 Å². The van der Waals surface area contributed by atoms with E-state index >= 15 is 0 Å². The first kappa shape index (κ1) is 31.5. The molecule has 0 aliphatic rings. The normalized spacial score (nSPS) is 11.3. The van der Waals surface area contributed by atoms with Gasteiger partial charge in [-0.05, 0) is 90.0 Å². The lowest BCUT2D eigenvalue weighted by atomic mass is 9.94. The van der Waals surface area contributed by atoms with Crippen molar-refractivity contribution >= 4 is 32.3 Å². The fraction of sp³-hybridized carbons (Fsp3) is 0. The van der Waals surface area contributed by atoms with Gasteiger partial charge in [-0.15, -0.1) is 0 Å². The summed E-state index contributed by atoms with van der Waals surface area (Å²) in [7, 11) is 0. The molecular weight excluding hydrogens is 655 g/mol. The third kappa shape index (κ3) is 5.88. The summed E-state index contributed by atoms with van der Waals surface area (Å²) < 4.78 is 0. The van der Waals surface area contributed by atoms with Gasteiger partial charge in [0.05, 0.1) is 0 Å². The molecule has 1 heterocycles. The molecule has 10 aromatic rings. The maximum atomic E-state index is 5.12. The molecule has 3 nitrogen and oxygen atoms in total. The van der Waals surface area contributed by atoms with Crippen molar-refractivity contribution in [2.75, 3.05) is 0 Å². The van der Waals surface area contributed by atoms with Crippen LogP contribution in [0.1, 0.15) is 0 Å². The minimum absolute atomic E-state index is 0.636. The Morgan fingerprint density at radius 2 is 0.611 bits per heavy atom. The van der Waals surface area contributed by atoms with Crippen molar-refractivity contribution < 1.29 is 0 Å². The Kier molecular flexibility index (Phi) is 7.81. The molecule has 10 rings (SSSR count). The second-order valence-electron chi connectivity index (χ2n) is 13.7. The quantitative estimate of drug-likeness (QED) is 0.175. The Morgan fingerprint density at radius 1 is 0.222 bits per heavy atom. The van der Waals surface area contributed by atoms with Crippen LogP contribution in [-0.2, 0) is 0 Å². The molecule has 0 aliphatic heterocycles. The molecule has 0 bridgehead atoms. The third-order valence-electron chi connectivity index (χ3n) is 10.3. The summed E-state index contributed by atoms with van der Waals surface area (Å²) >= 11 is 0. The van der Waals surface area contributed by atoms with E-state index in [4.69, 9.17) is 15.0 Å². The van der Waals surface area contributed by atoms with Gasteiger partial charge >= 0.3 is 0 Å². The summed E-state index contributed by atoms with van der Waals surface area (Å²) in [6.45, 7) is 0. The summed E-state index contributed by atoms with van der Waals surface area (Å²) in [6, 6.07) is 70.7. The molecule has 0 saturated heterocycles. The van der Waals surface area contributed by atoms with Crippen LogP contribution in [0, 0.1) is 0 Å². The third-order valence-corrected chi connectivity index (χ3v) is 10.3. The van der Waals surface area contributed by atoms with Crippen LogP contribution in [-0.4, -0.2) is 15.0 Å². The molecule has 0 unspecified atom stereocenters. The molecule has 1 aromatic heterocycles. The molecule has 0 fully saturated rings. The lowest BCUT2D eigenvalue weighted by Crippen LogP contribution is -2.00. The Bertz CT molecular complexity index is 2990. The molecule has 0 amide bonds. The number of benzene rings is 9. The van der Waals surface area contributed by atoms with E-state index in [1.165, 1.54) is 49.0 Å². The van der Waals surface area contributed by atoms with Crippen molar-refractivity contribution in [1.29, 1.82) is 0 Å². The van der Waals surface area contributed by atoms with Crippen LogP contribution in [0.3, 0.4) is 0 Å². The van der Waals surface area contributed by atoms with Crippen molar-refractivity contribution in [1.82, 2.24) is 15.0 Å². The van der Waals surface area contributed by atoms with Crippen LogP contribution >= 0.6 is 0 Å². The summed E-state index contributed by atoms with van der Waals surface area (Å²) in [5.74, 6) is 1.92. The molecule has 0 radical (unpaired) electrons. The Morgan fingerprint density at radius 3 is 1.24 bits per heavy atom. The van der Waals surface area contributed by atoms with Gasteiger partial charge in [0.25, 0.3) is 0 Å². The van der Waals surface area contributed by atoms with Crippen molar-refractivity contribution in [2.45, 2.75) is 0 Å². The number of nitrogens with zero attached hydrogens (tertiary/aromatic N) is 3. The second-order valence-corrected chi connectivity index (χ2v) is 13.7. The van der Waals surface area contributed by atoms with E-state index in [0.717, 1.165) is 33.4 Å². The first-order chi connectivity index (χ1) is 26.7. The highest BCUT2D eigenvalue weighted by molar-refractivity contribution is 6.00. The van der Waals surface area contributed by atoms with E-state index < -0.39 is 0 Å². The molecule has 0 N–H and O–H groups in total. The number of fused-ring (bicyclic) bond motifs is 3. The molecule has 0 saturated carbocycles. The summed E-state index contributed by atoms with van der Waals surface area (Å²) in [6.07, 6.45) is 0. The predicted octanol–water partition coefficient (Wildman–Crippen LogP) is 13.3. The standard InChI is InChI=1S/C51H33N3/c1-2-14-36(15-3-1)49-52-50(54-51(53-49)44-21-9-19-41(33-44)47-24-10-16-34-12-4-6-22-45(34)47)43-20-8-18-37(32-43)38-26-27-40-31-42(29-28-39(40)30-38)48-25-11-17-35-13-5-7-23-46(35)48/h1-33H. The Labute approximate surface area is 313 Å². The van der Waals surface area contributed by atoms with E-state index in [0.29, 0.717) is 17.5 Å². The lowest BCUT2D eigenvalue weighted by Gasteiger charge is -2.12. The topological polar surface area (TPSA) is 38.7 Å². The highest BCUT2D eigenvalue weighted by atomic mass is 15.0. The largest absolute Gasteiger partial charge is 0.208 e. The van der Waals surface area contributed by atoms with E-state index in [2.05, 4.69) is 170 Å². The van der Waals surface area contributed by atoms with E-state index in [-0.39, 0.29) is 0 Å². The van der Waals surface area contributed by atoms with Crippen LogP contribution in [0.15, 0.2) is 200 Å². The van der Waals surface area contributed by atoms with Gasteiger partial charge in [-0.1, -0.05) is 176 Å². The zero-order chi connectivity index (χ0) is 35.8. The molecule has 54 heavy (non-hydrogen) atoms. The van der Waals surface area contributed by atoms with Gasteiger partial charge in [0.1, 0.15) is 0 Å². The van der Waals surface area contributed by atoms with E-state index in [1.54, 1.807) is 0 Å². The first-order valence-corrected chi connectivity index (χ1v) is 18.3. The minimum Gasteiger partial charge on any atom is -0.208 e. The van der Waals surface area contributed by atoms with Crippen molar-refractivity contribution in [3.8, 4) is 67.5 Å². The smallest absolute Gasteiger partial charge is 0.164 e. The summed E-state index contributed by atoms with van der Waals surface area (Å²) in [5.41, 5.74) is 9.84. The van der Waals surface area contributed by atoms with Gasteiger partial charge < -0.3 is 0 Å². The average Bonchev–Trinajstić information content (AvgIpc) is 3.26.